The maximum absolute atomic E-state index is 13.2. The van der Waals surface area contributed by atoms with Gasteiger partial charge in [-0.3, -0.25) is 9.59 Å². The largest absolute Gasteiger partial charge is 0.492 e. The number of hydrogen-bond acceptors (Lipinski definition) is 4. The Bertz CT molecular complexity index is 1210. The van der Waals surface area contributed by atoms with Crippen LogP contribution in [0.15, 0.2) is 66.7 Å². The molecule has 182 valence electrons. The summed E-state index contributed by atoms with van der Waals surface area (Å²) >= 11 is 11.9. The number of halogens is 2. The molecule has 3 aromatic carbocycles. The lowest BCUT2D eigenvalue weighted by molar-refractivity contribution is -0.137. The van der Waals surface area contributed by atoms with Crippen LogP contribution in [0.5, 0.6) is 11.5 Å². The Labute approximate surface area is 214 Å². The van der Waals surface area contributed by atoms with Crippen molar-refractivity contribution in [2.24, 2.45) is 0 Å². The fourth-order valence-corrected chi connectivity index (χ4v) is 4.44. The Morgan fingerprint density at radius 3 is 2.34 bits per heavy atom. The second kappa shape index (κ2) is 10.6. The molecule has 1 amide bonds. The Hall–Kier alpha value is -3.22. The van der Waals surface area contributed by atoms with E-state index in [9.17, 15) is 14.7 Å². The molecule has 0 saturated carbocycles. The van der Waals surface area contributed by atoms with Crippen molar-refractivity contribution in [1.82, 2.24) is 4.90 Å². The van der Waals surface area contributed by atoms with Crippen molar-refractivity contribution in [2.75, 3.05) is 19.7 Å². The van der Waals surface area contributed by atoms with Gasteiger partial charge in [0.1, 0.15) is 30.3 Å². The summed E-state index contributed by atoms with van der Waals surface area (Å²) in [5.74, 6) is -0.147. The molecule has 0 aliphatic carbocycles. The van der Waals surface area contributed by atoms with Gasteiger partial charge in [-0.1, -0.05) is 35.3 Å². The third-order valence-electron chi connectivity index (χ3n) is 5.78. The average molecular weight is 514 g/mol. The Morgan fingerprint density at radius 2 is 1.69 bits per heavy atom. The number of hydrogen-bond donors (Lipinski definition) is 1. The van der Waals surface area contributed by atoms with Crippen molar-refractivity contribution in [3.05, 3.63) is 93.5 Å². The van der Waals surface area contributed by atoms with E-state index in [2.05, 4.69) is 0 Å². The molecular weight excluding hydrogens is 489 g/mol. The zero-order valence-electron chi connectivity index (χ0n) is 19.2. The fraction of sp³-hybridized carbons (Fsp3) is 0.259. The van der Waals surface area contributed by atoms with Crippen molar-refractivity contribution in [3.8, 4) is 11.5 Å². The number of rotatable bonds is 9. The average Bonchev–Trinajstić information content (AvgIpc) is 3.15. The normalized spacial score (nSPS) is 16.3. The summed E-state index contributed by atoms with van der Waals surface area (Å²) in [6, 6.07) is 19.7. The van der Waals surface area contributed by atoms with Gasteiger partial charge in [0.05, 0.1) is 6.54 Å². The van der Waals surface area contributed by atoms with Crippen molar-refractivity contribution in [1.29, 1.82) is 0 Å². The number of fused-ring (bicyclic) bond motifs is 1. The smallest absolute Gasteiger partial charge is 0.323 e. The number of carbonyl (C=O) groups is 2. The highest BCUT2D eigenvalue weighted by atomic mass is 35.5. The molecule has 1 aliphatic heterocycles. The molecule has 1 N–H and O–H groups in total. The predicted octanol–water partition coefficient (Wildman–Crippen LogP) is 5.54. The highest BCUT2D eigenvalue weighted by Crippen LogP contribution is 2.37. The first kappa shape index (κ1) is 24.9. The van der Waals surface area contributed by atoms with E-state index in [4.69, 9.17) is 32.7 Å². The van der Waals surface area contributed by atoms with Crippen LogP contribution in [0.2, 0.25) is 10.0 Å². The second-order valence-corrected chi connectivity index (χ2v) is 9.65. The van der Waals surface area contributed by atoms with E-state index in [0.717, 1.165) is 16.9 Å². The summed E-state index contributed by atoms with van der Waals surface area (Å²) in [4.78, 5) is 25.9. The Balaban J connectivity index is 1.43. The molecule has 35 heavy (non-hydrogen) atoms. The number of benzene rings is 3. The molecule has 1 atom stereocenters. The topological polar surface area (TPSA) is 76.1 Å². The number of nitrogens with zero attached hydrogens (tertiary/aromatic N) is 1. The summed E-state index contributed by atoms with van der Waals surface area (Å²) in [5.41, 5.74) is 1.98. The molecule has 0 bridgehead atoms. The lowest BCUT2D eigenvalue weighted by atomic mass is 9.91. The Morgan fingerprint density at radius 1 is 1.03 bits per heavy atom. The molecule has 0 spiro atoms. The van der Waals surface area contributed by atoms with Crippen LogP contribution in [-0.4, -0.2) is 47.2 Å². The summed E-state index contributed by atoms with van der Waals surface area (Å²) in [5, 5.41) is 10.6. The zero-order valence-corrected chi connectivity index (χ0v) is 20.7. The molecule has 6 nitrogen and oxygen atoms in total. The maximum atomic E-state index is 13.2. The number of aliphatic carboxylic acids is 1. The van der Waals surface area contributed by atoms with Gasteiger partial charge < -0.3 is 19.5 Å². The number of carboxylic acids is 1. The van der Waals surface area contributed by atoms with E-state index in [0.29, 0.717) is 34.2 Å². The molecule has 0 aromatic heterocycles. The van der Waals surface area contributed by atoms with Gasteiger partial charge in [-0.05, 0) is 72.6 Å². The molecule has 0 saturated heterocycles. The van der Waals surface area contributed by atoms with E-state index in [-0.39, 0.29) is 19.1 Å². The molecular formula is C27H25Cl2NO5. The first-order valence-electron chi connectivity index (χ1n) is 11.2. The molecule has 0 fully saturated rings. The molecule has 1 aliphatic rings. The third-order valence-corrected chi connectivity index (χ3v) is 6.28. The first-order chi connectivity index (χ1) is 16.7. The second-order valence-electron chi connectivity index (χ2n) is 8.78. The highest BCUT2D eigenvalue weighted by Gasteiger charge is 2.35. The molecule has 1 unspecified atom stereocenters. The number of carboxylic acid groups (broad SMARTS) is 1. The summed E-state index contributed by atoms with van der Waals surface area (Å²) in [7, 11) is 0. The van der Waals surface area contributed by atoms with Crippen molar-refractivity contribution in [2.45, 2.75) is 25.4 Å². The zero-order chi connectivity index (χ0) is 25.0. The van der Waals surface area contributed by atoms with Gasteiger partial charge in [0.15, 0.2) is 0 Å². The molecule has 8 heteroatoms. The van der Waals surface area contributed by atoms with Crippen molar-refractivity contribution in [3.63, 3.8) is 0 Å². The SMILES string of the molecule is CC1(Cc2ccc(Cl)cc2)Cc2cc(C(=O)N(CCOc3ccc(Cl)cc3)CC(=O)O)ccc2O1. The standard InChI is InChI=1S/C27H25Cl2NO5/c1-27(15-18-2-5-21(28)6-3-18)16-20-14-19(4-11-24(20)35-27)26(33)30(17-25(31)32)12-13-34-23-9-7-22(29)8-10-23/h2-11,14H,12-13,15-17H2,1H3,(H,31,32). The molecule has 0 radical (unpaired) electrons. The van der Waals surface area contributed by atoms with Crippen LogP contribution in [-0.2, 0) is 17.6 Å². The minimum atomic E-state index is -1.09. The van der Waals surface area contributed by atoms with Crippen LogP contribution in [0.25, 0.3) is 0 Å². The minimum Gasteiger partial charge on any atom is -0.492 e. The van der Waals surface area contributed by atoms with Gasteiger partial charge in [-0.2, -0.15) is 0 Å². The van der Waals surface area contributed by atoms with Crippen LogP contribution in [0.3, 0.4) is 0 Å². The van der Waals surface area contributed by atoms with E-state index in [1.807, 2.05) is 31.2 Å². The summed E-state index contributed by atoms with van der Waals surface area (Å²) in [6.45, 7) is 1.88. The van der Waals surface area contributed by atoms with E-state index >= 15 is 0 Å². The van der Waals surface area contributed by atoms with Crippen LogP contribution in [0, 0.1) is 0 Å². The third kappa shape index (κ3) is 6.47. The lowest BCUT2D eigenvalue weighted by Crippen LogP contribution is -2.38. The Kier molecular flexibility index (Phi) is 7.53. The van der Waals surface area contributed by atoms with Gasteiger partial charge in [0.25, 0.3) is 5.91 Å². The van der Waals surface area contributed by atoms with E-state index in [1.54, 1.807) is 42.5 Å². The summed E-state index contributed by atoms with van der Waals surface area (Å²) in [6.07, 6.45) is 1.32. The van der Waals surface area contributed by atoms with E-state index in [1.165, 1.54) is 4.90 Å². The quantitative estimate of drug-likeness (QED) is 0.406. The van der Waals surface area contributed by atoms with Crippen LogP contribution in [0.1, 0.15) is 28.4 Å². The van der Waals surface area contributed by atoms with Gasteiger partial charge in [-0.25, -0.2) is 0 Å². The van der Waals surface area contributed by atoms with Gasteiger partial charge in [-0.15, -0.1) is 0 Å². The van der Waals surface area contributed by atoms with Crippen LogP contribution < -0.4 is 9.47 Å². The van der Waals surface area contributed by atoms with Crippen LogP contribution in [0.4, 0.5) is 0 Å². The maximum Gasteiger partial charge on any atom is 0.323 e. The number of carbonyl (C=O) groups excluding carboxylic acids is 1. The molecule has 4 rings (SSSR count). The summed E-state index contributed by atoms with van der Waals surface area (Å²) < 4.78 is 11.9. The number of amides is 1. The monoisotopic (exact) mass is 513 g/mol. The van der Waals surface area contributed by atoms with Crippen molar-refractivity contribution >= 4 is 35.1 Å². The van der Waals surface area contributed by atoms with Gasteiger partial charge in [0.2, 0.25) is 0 Å². The van der Waals surface area contributed by atoms with Gasteiger partial charge in [0, 0.05) is 28.5 Å². The first-order valence-corrected chi connectivity index (χ1v) is 11.9. The fourth-order valence-electron chi connectivity index (χ4n) is 4.19. The van der Waals surface area contributed by atoms with Crippen molar-refractivity contribution < 1.29 is 24.2 Å². The predicted molar refractivity (Wildman–Crippen MR) is 135 cm³/mol. The molecule has 1 heterocycles. The number of ether oxygens (including phenoxy) is 2. The van der Waals surface area contributed by atoms with E-state index < -0.39 is 18.1 Å². The highest BCUT2D eigenvalue weighted by molar-refractivity contribution is 6.30. The van der Waals surface area contributed by atoms with Crippen LogP contribution >= 0.6 is 23.2 Å². The van der Waals surface area contributed by atoms with Gasteiger partial charge >= 0.3 is 5.97 Å². The molecule has 3 aromatic rings. The minimum absolute atomic E-state index is 0.121. The lowest BCUT2D eigenvalue weighted by Gasteiger charge is -2.24.